The molecule has 0 aliphatic carbocycles. The summed E-state index contributed by atoms with van der Waals surface area (Å²) in [5.74, 6) is 2.09. The molecule has 3 rings (SSSR count). The fourth-order valence-corrected chi connectivity index (χ4v) is 2.07. The van der Waals surface area contributed by atoms with Crippen molar-refractivity contribution in [2.75, 3.05) is 11.5 Å². The lowest BCUT2D eigenvalue weighted by Gasteiger charge is -2.10. The number of anilines is 2. The summed E-state index contributed by atoms with van der Waals surface area (Å²) in [6.45, 7) is 0. The van der Waals surface area contributed by atoms with Crippen LogP contribution in [-0.4, -0.2) is 10.2 Å². The van der Waals surface area contributed by atoms with Gasteiger partial charge in [0.15, 0.2) is 0 Å². The Labute approximate surface area is 138 Å². The van der Waals surface area contributed by atoms with Gasteiger partial charge in [-0.15, -0.1) is 0 Å². The topological polar surface area (TPSA) is 111 Å². The molecule has 0 radical (unpaired) electrons. The number of nitrogen functional groups attached to an aromatic ring is 2. The second-order valence-corrected chi connectivity index (χ2v) is 5.12. The van der Waals surface area contributed by atoms with Gasteiger partial charge in [0.25, 0.3) is 0 Å². The Balaban J connectivity index is 1.78. The number of rotatable bonds is 4. The molecule has 6 nitrogen and oxygen atoms in total. The van der Waals surface area contributed by atoms with Gasteiger partial charge in [-0.3, -0.25) is 0 Å². The average molecular weight is 324 g/mol. The van der Waals surface area contributed by atoms with Gasteiger partial charge in [0.1, 0.15) is 34.5 Å². The summed E-state index contributed by atoms with van der Waals surface area (Å²) in [4.78, 5) is 0. The van der Waals surface area contributed by atoms with Gasteiger partial charge in [-0.25, -0.2) is 0 Å². The van der Waals surface area contributed by atoms with E-state index in [0.29, 0.717) is 23.0 Å². The van der Waals surface area contributed by atoms with Crippen molar-refractivity contribution in [3.8, 4) is 34.5 Å². The van der Waals surface area contributed by atoms with Crippen LogP contribution in [0.2, 0.25) is 0 Å². The predicted molar refractivity (Wildman–Crippen MR) is 91.6 cm³/mol. The molecule has 0 atom stereocenters. The maximum atomic E-state index is 9.43. The van der Waals surface area contributed by atoms with Crippen LogP contribution in [0.15, 0.2) is 60.7 Å². The number of nitrogens with two attached hydrogens (primary N) is 2. The third-order valence-electron chi connectivity index (χ3n) is 3.27. The van der Waals surface area contributed by atoms with Crippen molar-refractivity contribution in [2.45, 2.75) is 0 Å². The van der Waals surface area contributed by atoms with Crippen molar-refractivity contribution < 1.29 is 19.7 Å². The van der Waals surface area contributed by atoms with E-state index in [2.05, 4.69) is 0 Å². The molecule has 0 amide bonds. The standard InChI is InChI=1S/C18H16N2O4/c19-15-9-13(4-6-17(15)21)23-11-2-1-3-12(8-11)24-14-5-7-18(22)16(20)10-14/h1-10,21-22H,19-20H2. The Morgan fingerprint density at radius 1 is 0.583 bits per heavy atom. The second kappa shape index (κ2) is 6.29. The van der Waals surface area contributed by atoms with Gasteiger partial charge in [0.2, 0.25) is 0 Å². The minimum absolute atomic E-state index is 0.00403. The maximum Gasteiger partial charge on any atom is 0.138 e. The number of aromatic hydroxyl groups is 2. The van der Waals surface area contributed by atoms with E-state index in [1.807, 2.05) is 0 Å². The highest BCUT2D eigenvalue weighted by Gasteiger charge is 2.05. The first-order valence-corrected chi connectivity index (χ1v) is 7.14. The lowest BCUT2D eigenvalue weighted by atomic mass is 10.2. The zero-order valence-corrected chi connectivity index (χ0v) is 12.6. The number of benzene rings is 3. The summed E-state index contributed by atoms with van der Waals surface area (Å²) in [6, 6.07) is 16.2. The van der Waals surface area contributed by atoms with Crippen LogP contribution in [0.1, 0.15) is 0 Å². The minimum Gasteiger partial charge on any atom is -0.506 e. The minimum atomic E-state index is 0.00403. The summed E-state index contributed by atoms with van der Waals surface area (Å²) in [6.07, 6.45) is 0. The van der Waals surface area contributed by atoms with E-state index in [9.17, 15) is 10.2 Å². The lowest BCUT2D eigenvalue weighted by Crippen LogP contribution is -1.90. The van der Waals surface area contributed by atoms with Gasteiger partial charge >= 0.3 is 0 Å². The van der Waals surface area contributed by atoms with E-state index >= 15 is 0 Å². The molecule has 0 bridgehead atoms. The second-order valence-electron chi connectivity index (χ2n) is 5.12. The Morgan fingerprint density at radius 3 is 1.42 bits per heavy atom. The zero-order chi connectivity index (χ0) is 17.1. The summed E-state index contributed by atoms with van der Waals surface area (Å²) >= 11 is 0. The monoisotopic (exact) mass is 324 g/mol. The van der Waals surface area contributed by atoms with Crippen LogP contribution in [-0.2, 0) is 0 Å². The van der Waals surface area contributed by atoms with Crippen LogP contribution in [0.25, 0.3) is 0 Å². The molecule has 0 unspecified atom stereocenters. The van der Waals surface area contributed by atoms with Crippen molar-refractivity contribution in [1.29, 1.82) is 0 Å². The number of hydrogen-bond donors (Lipinski definition) is 4. The van der Waals surface area contributed by atoms with Crippen LogP contribution in [0.4, 0.5) is 11.4 Å². The average Bonchev–Trinajstić information content (AvgIpc) is 2.55. The van der Waals surface area contributed by atoms with Crippen LogP contribution >= 0.6 is 0 Å². The maximum absolute atomic E-state index is 9.43. The van der Waals surface area contributed by atoms with Crippen molar-refractivity contribution in [3.63, 3.8) is 0 Å². The summed E-state index contributed by atoms with van der Waals surface area (Å²) in [7, 11) is 0. The first-order chi connectivity index (χ1) is 11.5. The predicted octanol–water partition coefficient (Wildman–Crippen LogP) is 3.85. The van der Waals surface area contributed by atoms with Crippen LogP contribution in [0.5, 0.6) is 34.5 Å². The molecule has 6 heteroatoms. The van der Waals surface area contributed by atoms with E-state index in [0.717, 1.165) is 0 Å². The van der Waals surface area contributed by atoms with Crippen molar-refractivity contribution in [3.05, 3.63) is 60.7 Å². The Hall–Kier alpha value is -3.54. The fourth-order valence-electron chi connectivity index (χ4n) is 2.07. The molecule has 0 spiro atoms. The Kier molecular flexibility index (Phi) is 4.03. The number of ether oxygens (including phenoxy) is 2. The summed E-state index contributed by atoms with van der Waals surface area (Å²) in [5.41, 5.74) is 11.8. The van der Waals surface area contributed by atoms with E-state index in [1.165, 1.54) is 24.3 Å². The molecule has 0 heterocycles. The van der Waals surface area contributed by atoms with E-state index in [4.69, 9.17) is 20.9 Å². The molecular weight excluding hydrogens is 308 g/mol. The smallest absolute Gasteiger partial charge is 0.138 e. The van der Waals surface area contributed by atoms with E-state index < -0.39 is 0 Å². The molecule has 122 valence electrons. The third-order valence-corrected chi connectivity index (χ3v) is 3.27. The highest BCUT2D eigenvalue weighted by molar-refractivity contribution is 5.57. The van der Waals surface area contributed by atoms with Crippen LogP contribution in [0.3, 0.4) is 0 Å². The molecule has 0 saturated heterocycles. The van der Waals surface area contributed by atoms with Gasteiger partial charge in [-0.05, 0) is 36.4 Å². The SMILES string of the molecule is Nc1cc(Oc2cccc(Oc3ccc(O)c(N)c3)c2)ccc1O. The van der Waals surface area contributed by atoms with Crippen LogP contribution < -0.4 is 20.9 Å². The summed E-state index contributed by atoms with van der Waals surface area (Å²) < 4.78 is 11.4. The molecular formula is C18H16N2O4. The highest BCUT2D eigenvalue weighted by atomic mass is 16.5. The number of phenolic OH excluding ortho intramolecular Hbond substituents is 2. The summed E-state index contributed by atoms with van der Waals surface area (Å²) in [5, 5.41) is 18.9. The normalized spacial score (nSPS) is 10.3. The van der Waals surface area contributed by atoms with Crippen molar-refractivity contribution >= 4 is 11.4 Å². The Bertz CT molecular complexity index is 812. The van der Waals surface area contributed by atoms with Gasteiger partial charge in [-0.2, -0.15) is 0 Å². The molecule has 0 aromatic heterocycles. The van der Waals surface area contributed by atoms with E-state index in [-0.39, 0.29) is 22.9 Å². The molecule has 3 aromatic rings. The molecule has 0 aliphatic heterocycles. The number of hydrogen-bond acceptors (Lipinski definition) is 6. The molecule has 0 fully saturated rings. The highest BCUT2D eigenvalue weighted by Crippen LogP contribution is 2.32. The fraction of sp³-hybridized carbons (Fsp3) is 0. The lowest BCUT2D eigenvalue weighted by molar-refractivity contribution is 0.453. The van der Waals surface area contributed by atoms with Crippen LogP contribution in [0, 0.1) is 0 Å². The van der Waals surface area contributed by atoms with Crippen molar-refractivity contribution in [2.24, 2.45) is 0 Å². The molecule has 0 saturated carbocycles. The first kappa shape index (κ1) is 15.4. The van der Waals surface area contributed by atoms with Gasteiger partial charge in [0.05, 0.1) is 11.4 Å². The van der Waals surface area contributed by atoms with E-state index in [1.54, 1.807) is 36.4 Å². The molecule has 0 aliphatic rings. The molecule has 3 aromatic carbocycles. The van der Waals surface area contributed by atoms with Gasteiger partial charge in [-0.1, -0.05) is 6.07 Å². The largest absolute Gasteiger partial charge is 0.506 e. The van der Waals surface area contributed by atoms with Gasteiger partial charge in [0, 0.05) is 18.2 Å². The first-order valence-electron chi connectivity index (χ1n) is 7.14. The molecule has 6 N–H and O–H groups in total. The Morgan fingerprint density at radius 2 is 1.00 bits per heavy atom. The van der Waals surface area contributed by atoms with Crippen molar-refractivity contribution in [1.82, 2.24) is 0 Å². The number of phenols is 2. The van der Waals surface area contributed by atoms with Gasteiger partial charge < -0.3 is 31.2 Å². The third kappa shape index (κ3) is 3.44. The quantitative estimate of drug-likeness (QED) is 0.428. The zero-order valence-electron chi connectivity index (χ0n) is 12.6. The molecule has 24 heavy (non-hydrogen) atoms.